The summed E-state index contributed by atoms with van der Waals surface area (Å²) in [4.78, 5) is 19.7. The largest absolute Gasteiger partial charge is 0.470 e. The van der Waals surface area contributed by atoms with E-state index in [0.29, 0.717) is 36.1 Å². The molecule has 0 radical (unpaired) electrons. The van der Waals surface area contributed by atoms with Crippen molar-refractivity contribution in [2.75, 3.05) is 40.1 Å². The Kier molecular flexibility index (Phi) is 8.23. The van der Waals surface area contributed by atoms with Crippen LogP contribution < -0.4 is 0 Å². The number of carbonyl (C=O) groups is 1. The van der Waals surface area contributed by atoms with Crippen LogP contribution in [-0.2, 0) is 18.9 Å². The van der Waals surface area contributed by atoms with Gasteiger partial charge in [0.1, 0.15) is 12.1 Å². The quantitative estimate of drug-likeness (QED) is 0.304. The predicted molar refractivity (Wildman–Crippen MR) is 93.0 cm³/mol. The highest BCUT2D eigenvalue weighted by molar-refractivity contribution is 8.13. The number of para-hydroxylation sites is 2. The molecule has 0 fully saturated rings. The van der Waals surface area contributed by atoms with E-state index in [-0.39, 0.29) is 18.4 Å². The maximum Gasteiger partial charge on any atom is 0.437 e. The molecular formula is C16H20N2O6S. The van der Waals surface area contributed by atoms with Crippen molar-refractivity contribution in [1.82, 2.24) is 4.98 Å². The molecule has 136 valence electrons. The summed E-state index contributed by atoms with van der Waals surface area (Å²) in [7, 11) is 1.60. The van der Waals surface area contributed by atoms with E-state index < -0.39 is 6.09 Å². The van der Waals surface area contributed by atoms with Crippen LogP contribution in [0.1, 0.15) is 6.92 Å². The molecule has 1 aromatic heterocycles. The van der Waals surface area contributed by atoms with E-state index in [1.54, 1.807) is 20.1 Å². The maximum absolute atomic E-state index is 11.6. The minimum absolute atomic E-state index is 0.0837. The van der Waals surface area contributed by atoms with Gasteiger partial charge in [-0.2, -0.15) is 0 Å². The van der Waals surface area contributed by atoms with Gasteiger partial charge in [-0.25, -0.2) is 9.78 Å². The van der Waals surface area contributed by atoms with Gasteiger partial charge < -0.3 is 23.4 Å². The van der Waals surface area contributed by atoms with Crippen molar-refractivity contribution in [3.8, 4) is 0 Å². The second-order valence-electron chi connectivity index (χ2n) is 4.58. The van der Waals surface area contributed by atoms with E-state index >= 15 is 0 Å². The second kappa shape index (κ2) is 10.7. The van der Waals surface area contributed by atoms with Crippen molar-refractivity contribution < 1.29 is 28.2 Å². The monoisotopic (exact) mass is 368 g/mol. The minimum atomic E-state index is -0.735. The van der Waals surface area contributed by atoms with Crippen molar-refractivity contribution in [3.05, 3.63) is 24.3 Å². The number of ether oxygens (including phenoxy) is 4. The molecule has 0 aliphatic carbocycles. The second-order valence-corrected chi connectivity index (χ2v) is 5.48. The SMILES string of the molecule is CCOC(=O)/N=C(/OCCOCCOC)Sc1nc2ccccc2o1. The molecule has 0 saturated heterocycles. The number of methoxy groups -OCH3 is 1. The summed E-state index contributed by atoms with van der Waals surface area (Å²) in [6.07, 6.45) is -0.735. The number of hydrogen-bond donors (Lipinski definition) is 0. The first kappa shape index (κ1) is 19.2. The van der Waals surface area contributed by atoms with Crippen molar-refractivity contribution in [3.63, 3.8) is 0 Å². The molecule has 25 heavy (non-hydrogen) atoms. The molecule has 0 aliphatic rings. The van der Waals surface area contributed by atoms with Crippen molar-refractivity contribution >= 4 is 34.2 Å². The van der Waals surface area contributed by atoms with Gasteiger partial charge in [0, 0.05) is 18.9 Å². The van der Waals surface area contributed by atoms with Gasteiger partial charge in [-0.05, 0) is 19.1 Å². The maximum atomic E-state index is 11.6. The number of nitrogens with zero attached hydrogens (tertiary/aromatic N) is 2. The first-order chi connectivity index (χ1) is 12.2. The molecule has 2 aromatic rings. The van der Waals surface area contributed by atoms with Crippen molar-refractivity contribution in [2.45, 2.75) is 12.1 Å². The average molecular weight is 368 g/mol. The zero-order valence-electron chi connectivity index (χ0n) is 14.1. The van der Waals surface area contributed by atoms with E-state index in [2.05, 4.69) is 9.98 Å². The van der Waals surface area contributed by atoms with Crippen molar-refractivity contribution in [2.24, 2.45) is 4.99 Å². The Morgan fingerprint density at radius 1 is 1.20 bits per heavy atom. The van der Waals surface area contributed by atoms with E-state index in [4.69, 9.17) is 23.4 Å². The number of rotatable bonds is 8. The highest BCUT2D eigenvalue weighted by Crippen LogP contribution is 2.24. The molecule has 0 saturated carbocycles. The van der Waals surface area contributed by atoms with Crippen LogP contribution >= 0.6 is 11.8 Å². The van der Waals surface area contributed by atoms with Crippen LogP contribution in [-0.4, -0.2) is 56.5 Å². The fourth-order valence-electron chi connectivity index (χ4n) is 1.72. The molecule has 8 nitrogen and oxygen atoms in total. The number of thioether (sulfide) groups is 1. The zero-order valence-corrected chi connectivity index (χ0v) is 14.9. The summed E-state index contributed by atoms with van der Waals surface area (Å²) in [5.41, 5.74) is 1.35. The van der Waals surface area contributed by atoms with E-state index in [0.717, 1.165) is 11.8 Å². The molecule has 0 bridgehead atoms. The molecule has 2 rings (SSSR count). The van der Waals surface area contributed by atoms with Crippen LogP contribution in [0.15, 0.2) is 38.9 Å². The Bertz CT molecular complexity index is 670. The van der Waals surface area contributed by atoms with E-state index in [9.17, 15) is 4.79 Å². The Balaban J connectivity index is 1.97. The molecule has 0 atom stereocenters. The third kappa shape index (κ3) is 6.73. The molecule has 0 N–H and O–H groups in total. The topological polar surface area (TPSA) is 92.4 Å². The number of hydrogen-bond acceptors (Lipinski definition) is 8. The molecule has 1 heterocycles. The summed E-state index contributed by atoms with van der Waals surface area (Å²) in [5, 5.41) is 0.407. The van der Waals surface area contributed by atoms with Crippen molar-refractivity contribution in [1.29, 1.82) is 0 Å². The summed E-state index contributed by atoms with van der Waals surface area (Å²) in [6.45, 7) is 3.44. The number of aromatic nitrogens is 1. The number of carbonyl (C=O) groups excluding carboxylic acids is 1. The number of benzene rings is 1. The van der Waals surface area contributed by atoms with Gasteiger partial charge in [0.25, 0.3) is 10.5 Å². The van der Waals surface area contributed by atoms with Crippen LogP contribution in [0.4, 0.5) is 4.79 Å². The number of aliphatic imine (C=N–C) groups is 1. The Hall–Kier alpha value is -2.10. The van der Waals surface area contributed by atoms with E-state index in [1.807, 2.05) is 18.2 Å². The van der Waals surface area contributed by atoms with Gasteiger partial charge >= 0.3 is 6.09 Å². The normalized spacial score (nSPS) is 11.7. The Morgan fingerprint density at radius 2 is 2.00 bits per heavy atom. The summed E-state index contributed by atoms with van der Waals surface area (Å²) in [5.74, 6) is 0. The van der Waals surface area contributed by atoms with Crippen LogP contribution in [0.5, 0.6) is 0 Å². The van der Waals surface area contributed by atoms with Crippen LogP contribution in [0, 0.1) is 0 Å². The van der Waals surface area contributed by atoms with Gasteiger partial charge in [-0.15, -0.1) is 4.99 Å². The van der Waals surface area contributed by atoms with Gasteiger partial charge in [0.2, 0.25) is 0 Å². The molecule has 1 amide bonds. The van der Waals surface area contributed by atoms with Gasteiger partial charge in [0.15, 0.2) is 5.58 Å². The standard InChI is InChI=1S/C16H20N2O6S/c1-3-22-14(19)18-15(23-11-10-21-9-8-20-2)25-16-17-12-6-4-5-7-13(12)24-16/h4-7H,3,8-11H2,1-2H3/b18-15-. The lowest BCUT2D eigenvalue weighted by Gasteiger charge is -2.07. The van der Waals surface area contributed by atoms with E-state index in [1.165, 1.54) is 0 Å². The van der Waals surface area contributed by atoms with Crippen LogP contribution in [0.2, 0.25) is 0 Å². The lowest BCUT2D eigenvalue weighted by Crippen LogP contribution is -2.12. The number of fused-ring (bicyclic) bond motifs is 1. The Morgan fingerprint density at radius 3 is 2.76 bits per heavy atom. The van der Waals surface area contributed by atoms with Crippen LogP contribution in [0.25, 0.3) is 11.1 Å². The molecular weight excluding hydrogens is 348 g/mol. The third-order valence-corrected chi connectivity index (χ3v) is 3.52. The fraction of sp³-hybridized carbons (Fsp3) is 0.438. The average Bonchev–Trinajstić information content (AvgIpc) is 3.00. The van der Waals surface area contributed by atoms with Gasteiger partial charge in [-0.3, -0.25) is 0 Å². The smallest absolute Gasteiger partial charge is 0.437 e. The molecule has 1 aromatic carbocycles. The number of oxazole rings is 1. The lowest BCUT2D eigenvalue weighted by molar-refractivity contribution is 0.0531. The van der Waals surface area contributed by atoms with Gasteiger partial charge in [-0.1, -0.05) is 12.1 Å². The highest BCUT2D eigenvalue weighted by atomic mass is 32.2. The first-order valence-electron chi connectivity index (χ1n) is 7.71. The zero-order chi connectivity index (χ0) is 17.9. The lowest BCUT2D eigenvalue weighted by atomic mass is 10.3. The van der Waals surface area contributed by atoms with Crippen LogP contribution in [0.3, 0.4) is 0 Å². The molecule has 9 heteroatoms. The minimum Gasteiger partial charge on any atom is -0.470 e. The summed E-state index contributed by atoms with van der Waals surface area (Å²) >= 11 is 1.01. The summed E-state index contributed by atoms with van der Waals surface area (Å²) < 4.78 is 26.1. The highest BCUT2D eigenvalue weighted by Gasteiger charge is 2.14. The summed E-state index contributed by atoms with van der Waals surface area (Å²) in [6, 6.07) is 7.35. The fourth-order valence-corrected chi connectivity index (χ4v) is 2.40. The Labute approximate surface area is 149 Å². The third-order valence-electron chi connectivity index (χ3n) is 2.78. The molecule has 0 aliphatic heterocycles. The first-order valence-corrected chi connectivity index (χ1v) is 8.53. The number of amides is 1. The molecule has 0 spiro atoms. The predicted octanol–water partition coefficient (Wildman–Crippen LogP) is 3.11. The molecule has 0 unspecified atom stereocenters. The van der Waals surface area contributed by atoms with Gasteiger partial charge in [0.05, 0.1) is 26.4 Å².